The average molecular weight is 283 g/mol. The molecule has 0 aliphatic heterocycles. The Hall–Kier alpha value is -1.80. The van der Waals surface area contributed by atoms with Crippen molar-refractivity contribution in [1.82, 2.24) is 5.32 Å². The van der Waals surface area contributed by atoms with Crippen LogP contribution >= 0.6 is 0 Å². The molecule has 0 bridgehead atoms. The van der Waals surface area contributed by atoms with Crippen LogP contribution in [0.25, 0.3) is 0 Å². The molecular formula is C19H25NO. The van der Waals surface area contributed by atoms with E-state index in [9.17, 15) is 0 Å². The Kier molecular flexibility index (Phi) is 6.29. The van der Waals surface area contributed by atoms with Crippen molar-refractivity contribution in [2.24, 2.45) is 0 Å². The minimum atomic E-state index is 0.517. The van der Waals surface area contributed by atoms with E-state index in [1.54, 1.807) is 7.11 Å². The lowest BCUT2D eigenvalue weighted by Gasteiger charge is -2.14. The molecule has 0 amide bonds. The fourth-order valence-electron chi connectivity index (χ4n) is 2.47. The fourth-order valence-corrected chi connectivity index (χ4v) is 2.47. The second kappa shape index (κ2) is 8.48. The van der Waals surface area contributed by atoms with Crippen LogP contribution in [0.4, 0.5) is 0 Å². The molecule has 0 aromatic heterocycles. The van der Waals surface area contributed by atoms with Crippen LogP contribution in [-0.4, -0.2) is 19.7 Å². The second-order valence-electron chi connectivity index (χ2n) is 5.50. The van der Waals surface area contributed by atoms with Crippen LogP contribution in [0, 0.1) is 0 Å². The van der Waals surface area contributed by atoms with Gasteiger partial charge in [-0.25, -0.2) is 0 Å². The van der Waals surface area contributed by atoms with E-state index in [1.165, 1.54) is 11.1 Å². The van der Waals surface area contributed by atoms with E-state index in [2.05, 4.69) is 54.7 Å². The van der Waals surface area contributed by atoms with Crippen LogP contribution in [0.15, 0.2) is 54.6 Å². The van der Waals surface area contributed by atoms with E-state index in [4.69, 9.17) is 4.74 Å². The highest BCUT2D eigenvalue weighted by molar-refractivity contribution is 5.27. The first-order valence-corrected chi connectivity index (χ1v) is 7.68. The van der Waals surface area contributed by atoms with E-state index in [1.807, 2.05) is 12.1 Å². The third-order valence-corrected chi connectivity index (χ3v) is 3.68. The molecule has 2 aromatic rings. The second-order valence-corrected chi connectivity index (χ2v) is 5.50. The maximum absolute atomic E-state index is 5.17. The van der Waals surface area contributed by atoms with Gasteiger partial charge in [0.25, 0.3) is 0 Å². The van der Waals surface area contributed by atoms with Gasteiger partial charge in [-0.2, -0.15) is 0 Å². The molecule has 0 saturated heterocycles. The highest BCUT2D eigenvalue weighted by Crippen LogP contribution is 2.12. The summed E-state index contributed by atoms with van der Waals surface area (Å²) >= 11 is 0. The van der Waals surface area contributed by atoms with Crippen molar-refractivity contribution in [3.63, 3.8) is 0 Å². The Labute approximate surface area is 128 Å². The topological polar surface area (TPSA) is 21.3 Å². The predicted octanol–water partition coefficient (Wildman–Crippen LogP) is 3.85. The predicted molar refractivity (Wildman–Crippen MR) is 88.9 cm³/mol. The van der Waals surface area contributed by atoms with Gasteiger partial charge in [0, 0.05) is 6.04 Å². The standard InChI is InChI=1S/C19H25NO/c1-16(15-18-7-4-3-5-8-18)20-14-6-9-17-10-12-19(21-2)13-11-17/h3-5,7-8,10-13,16,20H,6,9,14-15H2,1-2H3/t16-/m0/s1. The maximum Gasteiger partial charge on any atom is 0.118 e. The van der Waals surface area contributed by atoms with Gasteiger partial charge in [0.15, 0.2) is 0 Å². The normalized spacial score (nSPS) is 12.1. The van der Waals surface area contributed by atoms with Gasteiger partial charge in [-0.1, -0.05) is 42.5 Å². The Balaban J connectivity index is 1.64. The molecule has 2 rings (SSSR count). The summed E-state index contributed by atoms with van der Waals surface area (Å²) in [6, 6.07) is 19.5. The Morgan fingerprint density at radius 2 is 1.67 bits per heavy atom. The van der Waals surface area contributed by atoms with Crippen molar-refractivity contribution in [1.29, 1.82) is 0 Å². The quantitative estimate of drug-likeness (QED) is 0.743. The first-order valence-electron chi connectivity index (χ1n) is 7.68. The first-order chi connectivity index (χ1) is 10.3. The summed E-state index contributed by atoms with van der Waals surface area (Å²) in [5.74, 6) is 0.924. The Morgan fingerprint density at radius 1 is 0.952 bits per heavy atom. The van der Waals surface area contributed by atoms with E-state index >= 15 is 0 Å². The van der Waals surface area contributed by atoms with Gasteiger partial charge in [-0.3, -0.25) is 0 Å². The maximum atomic E-state index is 5.17. The lowest BCUT2D eigenvalue weighted by molar-refractivity contribution is 0.414. The van der Waals surface area contributed by atoms with Gasteiger partial charge >= 0.3 is 0 Å². The molecule has 0 aliphatic rings. The zero-order valence-corrected chi connectivity index (χ0v) is 13.0. The van der Waals surface area contributed by atoms with Crippen molar-refractivity contribution in [3.8, 4) is 5.75 Å². The van der Waals surface area contributed by atoms with E-state index in [-0.39, 0.29) is 0 Å². The Bertz CT molecular complexity index is 507. The van der Waals surface area contributed by atoms with Crippen LogP contribution in [0.2, 0.25) is 0 Å². The molecule has 0 unspecified atom stereocenters. The van der Waals surface area contributed by atoms with E-state index in [0.717, 1.165) is 31.6 Å². The third kappa shape index (κ3) is 5.60. The highest BCUT2D eigenvalue weighted by atomic mass is 16.5. The summed E-state index contributed by atoms with van der Waals surface area (Å²) in [6.07, 6.45) is 3.35. The minimum Gasteiger partial charge on any atom is -0.497 e. The number of aryl methyl sites for hydroxylation is 1. The number of hydrogen-bond donors (Lipinski definition) is 1. The Morgan fingerprint density at radius 3 is 2.33 bits per heavy atom. The molecule has 0 spiro atoms. The molecule has 2 aromatic carbocycles. The molecule has 1 atom stereocenters. The zero-order valence-electron chi connectivity index (χ0n) is 13.0. The molecule has 0 heterocycles. The number of rotatable bonds is 8. The van der Waals surface area contributed by atoms with Gasteiger partial charge in [0.05, 0.1) is 7.11 Å². The van der Waals surface area contributed by atoms with Crippen molar-refractivity contribution in [2.75, 3.05) is 13.7 Å². The largest absolute Gasteiger partial charge is 0.497 e. The zero-order chi connectivity index (χ0) is 14.9. The van der Waals surface area contributed by atoms with E-state index in [0.29, 0.717) is 6.04 Å². The van der Waals surface area contributed by atoms with Crippen molar-refractivity contribution in [3.05, 3.63) is 65.7 Å². The van der Waals surface area contributed by atoms with Crippen LogP contribution in [0.5, 0.6) is 5.75 Å². The molecule has 1 N–H and O–H groups in total. The summed E-state index contributed by atoms with van der Waals surface area (Å²) in [7, 11) is 1.70. The number of nitrogens with one attached hydrogen (secondary N) is 1. The van der Waals surface area contributed by atoms with Crippen molar-refractivity contribution in [2.45, 2.75) is 32.2 Å². The summed E-state index contributed by atoms with van der Waals surface area (Å²) in [6.45, 7) is 3.31. The molecule has 0 saturated carbocycles. The van der Waals surface area contributed by atoms with Gasteiger partial charge in [0.1, 0.15) is 5.75 Å². The number of benzene rings is 2. The lowest BCUT2D eigenvalue weighted by Crippen LogP contribution is -2.29. The third-order valence-electron chi connectivity index (χ3n) is 3.68. The van der Waals surface area contributed by atoms with Crippen LogP contribution in [-0.2, 0) is 12.8 Å². The van der Waals surface area contributed by atoms with Gasteiger partial charge in [-0.15, -0.1) is 0 Å². The highest BCUT2D eigenvalue weighted by Gasteiger charge is 2.02. The van der Waals surface area contributed by atoms with Gasteiger partial charge in [-0.05, 0) is 56.0 Å². The number of ether oxygens (including phenoxy) is 1. The van der Waals surface area contributed by atoms with Gasteiger partial charge < -0.3 is 10.1 Å². The average Bonchev–Trinajstić information content (AvgIpc) is 2.53. The minimum absolute atomic E-state index is 0.517. The smallest absolute Gasteiger partial charge is 0.118 e. The summed E-state index contributed by atoms with van der Waals surface area (Å²) in [5, 5.41) is 3.60. The van der Waals surface area contributed by atoms with Crippen LogP contribution in [0.1, 0.15) is 24.5 Å². The molecule has 0 radical (unpaired) electrons. The molecule has 2 nitrogen and oxygen atoms in total. The molecule has 0 fully saturated rings. The lowest BCUT2D eigenvalue weighted by atomic mass is 10.1. The fraction of sp³-hybridized carbons (Fsp3) is 0.368. The SMILES string of the molecule is COc1ccc(CCCN[C@@H](C)Cc2ccccc2)cc1. The summed E-state index contributed by atoms with van der Waals surface area (Å²) in [5.41, 5.74) is 2.76. The molecular weight excluding hydrogens is 258 g/mol. The van der Waals surface area contributed by atoms with Crippen LogP contribution in [0.3, 0.4) is 0 Å². The first kappa shape index (κ1) is 15.6. The van der Waals surface area contributed by atoms with Crippen LogP contribution < -0.4 is 10.1 Å². The van der Waals surface area contributed by atoms with E-state index < -0.39 is 0 Å². The molecule has 2 heteroatoms. The van der Waals surface area contributed by atoms with Crippen molar-refractivity contribution < 1.29 is 4.74 Å². The van der Waals surface area contributed by atoms with Crippen molar-refractivity contribution >= 4 is 0 Å². The monoisotopic (exact) mass is 283 g/mol. The summed E-state index contributed by atoms with van der Waals surface area (Å²) in [4.78, 5) is 0. The molecule has 21 heavy (non-hydrogen) atoms. The number of hydrogen-bond acceptors (Lipinski definition) is 2. The molecule has 0 aliphatic carbocycles. The van der Waals surface area contributed by atoms with Gasteiger partial charge in [0.2, 0.25) is 0 Å². The number of methoxy groups -OCH3 is 1. The molecule has 112 valence electrons. The summed E-state index contributed by atoms with van der Waals surface area (Å²) < 4.78 is 5.17.